The SMILES string of the molecule is CCN(CC)c1ccc(C2COC(=O)N2c2ccc3nc[nH]c3c2)cc1. The van der Waals surface area contributed by atoms with Crippen molar-refractivity contribution in [1.29, 1.82) is 0 Å². The molecule has 2 aromatic carbocycles. The molecule has 1 fully saturated rings. The Morgan fingerprint density at radius 3 is 2.69 bits per heavy atom. The number of ether oxygens (including phenoxy) is 1. The molecule has 26 heavy (non-hydrogen) atoms. The molecule has 6 heteroatoms. The number of carbonyl (C=O) groups is 1. The van der Waals surface area contributed by atoms with E-state index in [0.29, 0.717) is 6.61 Å². The van der Waals surface area contributed by atoms with Crippen molar-refractivity contribution in [1.82, 2.24) is 9.97 Å². The number of imidazole rings is 1. The van der Waals surface area contributed by atoms with Gasteiger partial charge in [-0.05, 0) is 49.7 Å². The molecule has 1 N–H and O–H groups in total. The fourth-order valence-corrected chi connectivity index (χ4v) is 3.52. The largest absolute Gasteiger partial charge is 0.447 e. The number of aromatic nitrogens is 2. The summed E-state index contributed by atoms with van der Waals surface area (Å²) in [6.45, 7) is 6.58. The molecule has 1 unspecified atom stereocenters. The second-order valence-electron chi connectivity index (χ2n) is 6.33. The van der Waals surface area contributed by atoms with Crippen LogP contribution in [-0.4, -0.2) is 35.8 Å². The van der Waals surface area contributed by atoms with E-state index in [1.807, 2.05) is 18.2 Å². The zero-order valence-electron chi connectivity index (χ0n) is 15.0. The van der Waals surface area contributed by atoms with Gasteiger partial charge >= 0.3 is 6.09 Å². The molecule has 1 aromatic heterocycles. The van der Waals surface area contributed by atoms with E-state index in [1.165, 1.54) is 5.69 Å². The number of rotatable bonds is 5. The summed E-state index contributed by atoms with van der Waals surface area (Å²) in [7, 11) is 0. The second-order valence-corrected chi connectivity index (χ2v) is 6.33. The summed E-state index contributed by atoms with van der Waals surface area (Å²) in [5, 5.41) is 0. The number of nitrogens with zero attached hydrogens (tertiary/aromatic N) is 3. The molecule has 6 nitrogen and oxygen atoms in total. The topological polar surface area (TPSA) is 61.5 Å². The van der Waals surface area contributed by atoms with E-state index in [4.69, 9.17) is 4.74 Å². The number of H-pyrrole nitrogens is 1. The highest BCUT2D eigenvalue weighted by Crippen LogP contribution is 2.34. The maximum absolute atomic E-state index is 12.4. The molecule has 4 rings (SSSR count). The fourth-order valence-electron chi connectivity index (χ4n) is 3.52. The van der Waals surface area contributed by atoms with Crippen LogP contribution in [0.3, 0.4) is 0 Å². The van der Waals surface area contributed by atoms with Crippen molar-refractivity contribution in [2.24, 2.45) is 0 Å². The maximum atomic E-state index is 12.4. The molecular formula is C20H22N4O2. The number of carbonyl (C=O) groups excluding carboxylic acids is 1. The zero-order valence-corrected chi connectivity index (χ0v) is 15.0. The van der Waals surface area contributed by atoms with Crippen LogP contribution in [0.4, 0.5) is 16.2 Å². The predicted octanol–water partition coefficient (Wildman–Crippen LogP) is 4.11. The summed E-state index contributed by atoms with van der Waals surface area (Å²) < 4.78 is 5.35. The fraction of sp³-hybridized carbons (Fsp3) is 0.300. The standard InChI is InChI=1S/C20H22N4O2/c1-3-23(4-2)15-7-5-14(6-8-15)19-12-26-20(25)24(19)16-9-10-17-18(11-16)22-13-21-17/h5-11,13,19H,3-4,12H2,1-2H3,(H,21,22). The Morgan fingerprint density at radius 1 is 1.19 bits per heavy atom. The number of anilines is 2. The zero-order chi connectivity index (χ0) is 18.1. The average molecular weight is 350 g/mol. The molecule has 0 aliphatic carbocycles. The first-order valence-corrected chi connectivity index (χ1v) is 8.95. The van der Waals surface area contributed by atoms with Gasteiger partial charge in [-0.25, -0.2) is 9.78 Å². The first-order chi connectivity index (χ1) is 12.7. The van der Waals surface area contributed by atoms with Gasteiger partial charge in [0.1, 0.15) is 6.61 Å². The number of hydrogen-bond acceptors (Lipinski definition) is 4. The average Bonchev–Trinajstić information content (AvgIpc) is 3.29. The molecular weight excluding hydrogens is 328 g/mol. The quantitative estimate of drug-likeness (QED) is 0.752. The second kappa shape index (κ2) is 6.71. The van der Waals surface area contributed by atoms with Gasteiger partial charge < -0.3 is 14.6 Å². The van der Waals surface area contributed by atoms with E-state index in [-0.39, 0.29) is 12.1 Å². The van der Waals surface area contributed by atoms with Crippen molar-refractivity contribution >= 4 is 28.5 Å². The minimum absolute atomic E-state index is 0.131. The number of nitrogens with one attached hydrogen (secondary N) is 1. The van der Waals surface area contributed by atoms with Gasteiger partial charge in [-0.2, -0.15) is 0 Å². The van der Waals surface area contributed by atoms with Gasteiger partial charge in [0.15, 0.2) is 0 Å². The number of cyclic esters (lactones) is 1. The van der Waals surface area contributed by atoms with E-state index < -0.39 is 0 Å². The van der Waals surface area contributed by atoms with Crippen LogP contribution in [0.2, 0.25) is 0 Å². The van der Waals surface area contributed by atoms with Crippen LogP contribution in [0, 0.1) is 0 Å². The van der Waals surface area contributed by atoms with Crippen molar-refractivity contribution in [3.05, 3.63) is 54.4 Å². The van der Waals surface area contributed by atoms with Crippen molar-refractivity contribution in [3.63, 3.8) is 0 Å². The molecule has 3 aromatic rings. The third kappa shape index (κ3) is 2.77. The monoisotopic (exact) mass is 350 g/mol. The van der Waals surface area contributed by atoms with Gasteiger partial charge in [-0.3, -0.25) is 4.90 Å². The third-order valence-electron chi connectivity index (χ3n) is 4.96. The van der Waals surface area contributed by atoms with Gasteiger partial charge in [0.25, 0.3) is 0 Å². The summed E-state index contributed by atoms with van der Waals surface area (Å²) in [4.78, 5) is 23.7. The molecule has 1 saturated heterocycles. The van der Waals surface area contributed by atoms with Crippen LogP contribution < -0.4 is 9.80 Å². The van der Waals surface area contributed by atoms with Gasteiger partial charge in [-0.1, -0.05) is 12.1 Å². The highest BCUT2D eigenvalue weighted by Gasteiger charge is 2.35. The third-order valence-corrected chi connectivity index (χ3v) is 4.96. The first kappa shape index (κ1) is 16.4. The minimum Gasteiger partial charge on any atom is -0.447 e. The molecule has 2 heterocycles. The highest BCUT2D eigenvalue weighted by molar-refractivity contribution is 5.93. The molecule has 1 atom stereocenters. The Hall–Kier alpha value is -3.02. The molecule has 0 spiro atoms. The van der Waals surface area contributed by atoms with Gasteiger partial charge in [0.2, 0.25) is 0 Å². The van der Waals surface area contributed by atoms with Crippen LogP contribution in [0.5, 0.6) is 0 Å². The van der Waals surface area contributed by atoms with Crippen LogP contribution >= 0.6 is 0 Å². The molecule has 1 aliphatic rings. The van der Waals surface area contributed by atoms with E-state index >= 15 is 0 Å². The lowest BCUT2D eigenvalue weighted by Gasteiger charge is -2.24. The molecule has 1 amide bonds. The number of aromatic amines is 1. The molecule has 0 saturated carbocycles. The van der Waals surface area contributed by atoms with E-state index in [0.717, 1.165) is 35.4 Å². The number of amides is 1. The lowest BCUT2D eigenvalue weighted by Crippen LogP contribution is -2.27. The van der Waals surface area contributed by atoms with Gasteiger partial charge in [0, 0.05) is 18.8 Å². The number of benzene rings is 2. The van der Waals surface area contributed by atoms with Crippen LogP contribution in [0.25, 0.3) is 11.0 Å². The van der Waals surface area contributed by atoms with Crippen molar-refractivity contribution in [2.75, 3.05) is 29.5 Å². The van der Waals surface area contributed by atoms with Gasteiger partial charge in [-0.15, -0.1) is 0 Å². The summed E-state index contributed by atoms with van der Waals surface area (Å²) in [6, 6.07) is 14.0. The summed E-state index contributed by atoms with van der Waals surface area (Å²) >= 11 is 0. The van der Waals surface area contributed by atoms with Crippen LogP contribution in [-0.2, 0) is 4.74 Å². The Kier molecular flexibility index (Phi) is 4.24. The molecule has 0 radical (unpaired) electrons. The van der Waals surface area contributed by atoms with Crippen LogP contribution in [0.15, 0.2) is 48.8 Å². The van der Waals surface area contributed by atoms with Crippen LogP contribution in [0.1, 0.15) is 25.5 Å². The predicted molar refractivity (Wildman–Crippen MR) is 103 cm³/mol. The summed E-state index contributed by atoms with van der Waals surface area (Å²) in [5.74, 6) is 0. The first-order valence-electron chi connectivity index (χ1n) is 8.95. The van der Waals surface area contributed by atoms with E-state index in [9.17, 15) is 4.79 Å². The highest BCUT2D eigenvalue weighted by atomic mass is 16.6. The van der Waals surface area contributed by atoms with Crippen molar-refractivity contribution in [3.8, 4) is 0 Å². The Labute approximate surface area is 152 Å². The number of hydrogen-bond donors (Lipinski definition) is 1. The van der Waals surface area contributed by atoms with E-state index in [2.05, 4.69) is 53.0 Å². The Balaban J connectivity index is 1.65. The van der Waals surface area contributed by atoms with E-state index in [1.54, 1.807) is 11.2 Å². The van der Waals surface area contributed by atoms with Crippen molar-refractivity contribution in [2.45, 2.75) is 19.9 Å². The Bertz CT molecular complexity index is 915. The smallest absolute Gasteiger partial charge is 0.415 e. The lowest BCUT2D eigenvalue weighted by atomic mass is 10.1. The molecule has 134 valence electrons. The Morgan fingerprint density at radius 2 is 1.96 bits per heavy atom. The molecule has 0 bridgehead atoms. The van der Waals surface area contributed by atoms with Gasteiger partial charge in [0.05, 0.1) is 29.1 Å². The number of fused-ring (bicyclic) bond motifs is 1. The lowest BCUT2D eigenvalue weighted by molar-refractivity contribution is 0.179. The normalized spacial score (nSPS) is 16.9. The summed E-state index contributed by atoms with van der Waals surface area (Å²) in [6.07, 6.45) is 1.34. The minimum atomic E-state index is -0.318. The molecule has 1 aliphatic heterocycles. The van der Waals surface area contributed by atoms with Crippen molar-refractivity contribution < 1.29 is 9.53 Å². The summed E-state index contributed by atoms with van der Waals surface area (Å²) in [5.41, 5.74) is 4.84. The maximum Gasteiger partial charge on any atom is 0.415 e.